The van der Waals surface area contributed by atoms with Crippen LogP contribution in [0.15, 0.2) is 12.2 Å². The molecule has 2 aliphatic heterocycles. The molecule has 4 nitrogen and oxygen atoms in total. The maximum atomic E-state index is 12.7. The highest BCUT2D eigenvalue weighted by Crippen LogP contribution is 2.40. The Labute approximate surface area is 127 Å². The van der Waals surface area contributed by atoms with Gasteiger partial charge in [-0.3, -0.25) is 14.5 Å². The van der Waals surface area contributed by atoms with E-state index in [0.717, 1.165) is 25.7 Å². The van der Waals surface area contributed by atoms with Crippen molar-refractivity contribution in [3.8, 4) is 0 Å². The van der Waals surface area contributed by atoms with Gasteiger partial charge in [-0.15, -0.1) is 0 Å². The average Bonchev–Trinajstić information content (AvgIpc) is 2.59. The molecule has 2 heterocycles. The van der Waals surface area contributed by atoms with Crippen LogP contribution in [-0.4, -0.2) is 33.8 Å². The number of allylic oxidation sites excluding steroid dienone is 2. The van der Waals surface area contributed by atoms with Crippen molar-refractivity contribution in [3.05, 3.63) is 12.2 Å². The van der Waals surface area contributed by atoms with Crippen LogP contribution in [0.25, 0.3) is 0 Å². The largest absolute Gasteiger partial charge is 0.307 e. The van der Waals surface area contributed by atoms with E-state index < -0.39 is 0 Å². The Morgan fingerprint density at radius 2 is 1.38 bits per heavy atom. The Morgan fingerprint density at radius 3 is 1.81 bits per heavy atom. The molecule has 3 rings (SSSR count). The number of carbonyl (C=O) groups excluding carboxylic acids is 2. The first-order chi connectivity index (χ1) is 9.70. The molecule has 0 spiro atoms. The van der Waals surface area contributed by atoms with E-state index in [9.17, 15) is 9.59 Å². The molecule has 116 valence electrons. The molecule has 2 atom stereocenters. The smallest absolute Gasteiger partial charge is 0.233 e. The molecule has 2 unspecified atom stereocenters. The first kappa shape index (κ1) is 14.8. The zero-order valence-corrected chi connectivity index (χ0v) is 13.5. The number of imide groups is 1. The minimum absolute atomic E-state index is 0.0295. The third-order valence-corrected chi connectivity index (χ3v) is 5.08. The molecule has 2 saturated heterocycles. The number of nitrogens with zero attached hydrogens (tertiary/aromatic N) is 1. The second-order valence-corrected chi connectivity index (χ2v) is 8.16. The Kier molecular flexibility index (Phi) is 3.28. The molecule has 0 bridgehead atoms. The van der Waals surface area contributed by atoms with Crippen LogP contribution in [0.2, 0.25) is 0 Å². The highest BCUT2D eigenvalue weighted by atomic mass is 16.2. The van der Waals surface area contributed by atoms with Crippen LogP contribution < -0.4 is 5.32 Å². The van der Waals surface area contributed by atoms with Gasteiger partial charge in [-0.05, 0) is 53.4 Å². The summed E-state index contributed by atoms with van der Waals surface area (Å²) >= 11 is 0. The Balaban J connectivity index is 1.86. The third-order valence-electron chi connectivity index (χ3n) is 5.08. The van der Waals surface area contributed by atoms with Gasteiger partial charge in [0.25, 0.3) is 0 Å². The SMILES string of the molecule is CC1(C)CC(N2C(=O)C3CC=CCC3C2=O)CC(C)(C)N1. The van der Waals surface area contributed by atoms with Crippen molar-refractivity contribution in [2.75, 3.05) is 0 Å². The first-order valence-corrected chi connectivity index (χ1v) is 8.01. The highest BCUT2D eigenvalue weighted by molar-refractivity contribution is 6.05. The second-order valence-electron chi connectivity index (χ2n) is 8.16. The van der Waals surface area contributed by atoms with E-state index in [1.165, 1.54) is 0 Å². The van der Waals surface area contributed by atoms with E-state index in [2.05, 4.69) is 33.0 Å². The van der Waals surface area contributed by atoms with Crippen LogP contribution in [0, 0.1) is 11.8 Å². The van der Waals surface area contributed by atoms with Crippen molar-refractivity contribution in [1.29, 1.82) is 0 Å². The van der Waals surface area contributed by atoms with E-state index in [1.54, 1.807) is 4.90 Å². The van der Waals surface area contributed by atoms with Gasteiger partial charge < -0.3 is 5.32 Å². The fourth-order valence-electron chi connectivity index (χ4n) is 4.64. The summed E-state index contributed by atoms with van der Waals surface area (Å²) in [5.41, 5.74) is -0.113. The molecule has 1 N–H and O–H groups in total. The predicted octanol–water partition coefficient (Wildman–Crippen LogP) is 2.25. The van der Waals surface area contributed by atoms with Crippen molar-refractivity contribution >= 4 is 11.8 Å². The molecule has 0 radical (unpaired) electrons. The predicted molar refractivity (Wildman–Crippen MR) is 81.5 cm³/mol. The number of likely N-dealkylation sites (tertiary alicyclic amines) is 1. The summed E-state index contributed by atoms with van der Waals surface area (Å²) < 4.78 is 0. The number of piperidine rings is 1. The average molecular weight is 290 g/mol. The zero-order chi connectivity index (χ0) is 15.4. The summed E-state index contributed by atoms with van der Waals surface area (Å²) in [6.45, 7) is 8.61. The normalized spacial score (nSPS) is 35.1. The molecule has 0 aromatic rings. The van der Waals surface area contributed by atoms with Gasteiger partial charge in [0.2, 0.25) is 11.8 Å². The Morgan fingerprint density at radius 1 is 0.952 bits per heavy atom. The van der Waals surface area contributed by atoms with E-state index in [-0.39, 0.29) is 40.8 Å². The van der Waals surface area contributed by atoms with Gasteiger partial charge in [0.1, 0.15) is 0 Å². The number of carbonyl (C=O) groups is 2. The number of hydrogen-bond acceptors (Lipinski definition) is 3. The Hall–Kier alpha value is -1.16. The molecule has 21 heavy (non-hydrogen) atoms. The summed E-state index contributed by atoms with van der Waals surface area (Å²) in [6, 6.07) is 0.0295. The molecule has 2 amide bonds. The van der Waals surface area contributed by atoms with Gasteiger partial charge in [-0.2, -0.15) is 0 Å². The van der Waals surface area contributed by atoms with Gasteiger partial charge in [0.05, 0.1) is 11.8 Å². The fraction of sp³-hybridized carbons (Fsp3) is 0.765. The van der Waals surface area contributed by atoms with Crippen molar-refractivity contribution in [2.24, 2.45) is 11.8 Å². The van der Waals surface area contributed by atoms with Crippen LogP contribution in [0.4, 0.5) is 0 Å². The molecule has 4 heteroatoms. The fourth-order valence-corrected chi connectivity index (χ4v) is 4.64. The van der Waals surface area contributed by atoms with Gasteiger partial charge in [0.15, 0.2) is 0 Å². The molecular weight excluding hydrogens is 264 g/mol. The molecule has 0 saturated carbocycles. The monoisotopic (exact) mass is 290 g/mol. The molecule has 0 aromatic heterocycles. The number of amides is 2. The summed E-state index contributed by atoms with van der Waals surface area (Å²) in [5.74, 6) is -0.0899. The minimum atomic E-state index is -0.108. The van der Waals surface area contributed by atoms with Crippen LogP contribution in [-0.2, 0) is 9.59 Å². The van der Waals surface area contributed by atoms with E-state index in [0.29, 0.717) is 0 Å². The minimum Gasteiger partial charge on any atom is -0.307 e. The van der Waals surface area contributed by atoms with Crippen LogP contribution in [0.5, 0.6) is 0 Å². The molecule has 3 aliphatic rings. The lowest BCUT2D eigenvalue weighted by Crippen LogP contribution is -2.63. The van der Waals surface area contributed by atoms with Gasteiger partial charge in [0, 0.05) is 17.1 Å². The van der Waals surface area contributed by atoms with E-state index in [4.69, 9.17) is 0 Å². The molecule has 2 fully saturated rings. The maximum absolute atomic E-state index is 12.7. The van der Waals surface area contributed by atoms with Crippen molar-refractivity contribution in [3.63, 3.8) is 0 Å². The lowest BCUT2D eigenvalue weighted by molar-refractivity contribution is -0.144. The zero-order valence-electron chi connectivity index (χ0n) is 13.5. The molecule has 1 aliphatic carbocycles. The third kappa shape index (κ3) is 2.54. The van der Waals surface area contributed by atoms with Gasteiger partial charge in [-0.25, -0.2) is 0 Å². The molecular formula is C17H26N2O2. The highest BCUT2D eigenvalue weighted by Gasteiger charge is 2.52. The summed E-state index contributed by atoms with van der Waals surface area (Å²) in [4.78, 5) is 27.1. The quantitative estimate of drug-likeness (QED) is 0.595. The summed E-state index contributed by atoms with van der Waals surface area (Å²) in [5, 5.41) is 3.62. The number of fused-ring (bicyclic) bond motifs is 1. The molecule has 0 aromatic carbocycles. The lowest BCUT2D eigenvalue weighted by Gasteiger charge is -2.48. The van der Waals surface area contributed by atoms with Crippen molar-refractivity contribution < 1.29 is 9.59 Å². The van der Waals surface area contributed by atoms with Crippen LogP contribution in [0.3, 0.4) is 0 Å². The van der Waals surface area contributed by atoms with Crippen LogP contribution in [0.1, 0.15) is 53.4 Å². The topological polar surface area (TPSA) is 49.4 Å². The van der Waals surface area contributed by atoms with Gasteiger partial charge >= 0.3 is 0 Å². The van der Waals surface area contributed by atoms with Crippen molar-refractivity contribution in [1.82, 2.24) is 10.2 Å². The van der Waals surface area contributed by atoms with Gasteiger partial charge in [-0.1, -0.05) is 12.2 Å². The Bertz CT molecular complexity index is 465. The lowest BCUT2D eigenvalue weighted by atomic mass is 9.79. The maximum Gasteiger partial charge on any atom is 0.233 e. The van der Waals surface area contributed by atoms with E-state index in [1.807, 2.05) is 12.2 Å². The van der Waals surface area contributed by atoms with Crippen molar-refractivity contribution in [2.45, 2.75) is 70.5 Å². The first-order valence-electron chi connectivity index (χ1n) is 8.01. The second kappa shape index (κ2) is 4.67. The number of rotatable bonds is 1. The summed E-state index contributed by atoms with van der Waals surface area (Å²) in [6.07, 6.45) is 7.22. The van der Waals surface area contributed by atoms with E-state index >= 15 is 0 Å². The number of hydrogen-bond donors (Lipinski definition) is 1. The van der Waals surface area contributed by atoms with Crippen LogP contribution >= 0.6 is 0 Å². The number of nitrogens with one attached hydrogen (secondary N) is 1. The summed E-state index contributed by atoms with van der Waals surface area (Å²) in [7, 11) is 0. The standard InChI is InChI=1S/C17H26N2O2/c1-16(2)9-11(10-17(3,4)18-16)19-14(20)12-7-5-6-8-13(12)15(19)21/h5-6,11-13,18H,7-10H2,1-4H3.